The average molecular weight is 275 g/mol. The van der Waals surface area contributed by atoms with E-state index in [1.807, 2.05) is 13.0 Å². The van der Waals surface area contributed by atoms with Crippen LogP contribution in [0.4, 0.5) is 0 Å². The standard InChI is InChI=1S/C13H16Cl2O2/c1-3-4-13(17-2)12(16)8-9-5-6-10(14)11(15)7-9/h5-7,13H,3-4,8H2,1-2H3. The van der Waals surface area contributed by atoms with Gasteiger partial charge in [-0.25, -0.2) is 0 Å². The van der Waals surface area contributed by atoms with Crippen molar-refractivity contribution in [1.29, 1.82) is 0 Å². The molecular weight excluding hydrogens is 259 g/mol. The molecule has 0 aromatic heterocycles. The summed E-state index contributed by atoms with van der Waals surface area (Å²) in [7, 11) is 1.56. The van der Waals surface area contributed by atoms with Crippen molar-refractivity contribution in [3.63, 3.8) is 0 Å². The number of rotatable bonds is 6. The van der Waals surface area contributed by atoms with Gasteiger partial charge in [-0.2, -0.15) is 0 Å². The number of ketones is 1. The summed E-state index contributed by atoms with van der Waals surface area (Å²) in [5.41, 5.74) is 0.863. The Hall–Kier alpha value is -0.570. The van der Waals surface area contributed by atoms with E-state index in [1.54, 1.807) is 19.2 Å². The Bertz CT molecular complexity index is 391. The lowest BCUT2D eigenvalue weighted by atomic mass is 10.0. The van der Waals surface area contributed by atoms with Gasteiger partial charge < -0.3 is 4.74 Å². The molecule has 0 aliphatic rings. The molecule has 0 radical (unpaired) electrons. The molecule has 1 atom stereocenters. The Morgan fingerprint density at radius 3 is 2.59 bits per heavy atom. The second-order valence-electron chi connectivity index (χ2n) is 3.90. The van der Waals surface area contributed by atoms with Crippen LogP contribution in [0.15, 0.2) is 18.2 Å². The predicted molar refractivity (Wildman–Crippen MR) is 70.9 cm³/mol. The van der Waals surface area contributed by atoms with Crippen LogP contribution in [0.3, 0.4) is 0 Å². The van der Waals surface area contributed by atoms with Crippen molar-refractivity contribution < 1.29 is 9.53 Å². The highest BCUT2D eigenvalue weighted by Crippen LogP contribution is 2.23. The van der Waals surface area contributed by atoms with E-state index in [-0.39, 0.29) is 11.9 Å². The molecule has 1 aromatic rings. The number of hydrogen-bond acceptors (Lipinski definition) is 2. The van der Waals surface area contributed by atoms with Crippen molar-refractivity contribution >= 4 is 29.0 Å². The monoisotopic (exact) mass is 274 g/mol. The molecule has 0 saturated carbocycles. The Morgan fingerprint density at radius 2 is 2.06 bits per heavy atom. The summed E-state index contributed by atoms with van der Waals surface area (Å²) in [5.74, 6) is 0.0766. The maximum absolute atomic E-state index is 11.9. The van der Waals surface area contributed by atoms with Crippen LogP contribution >= 0.6 is 23.2 Å². The van der Waals surface area contributed by atoms with E-state index < -0.39 is 0 Å². The lowest BCUT2D eigenvalue weighted by Gasteiger charge is -2.13. The first-order valence-electron chi connectivity index (χ1n) is 5.58. The quantitative estimate of drug-likeness (QED) is 0.786. The van der Waals surface area contributed by atoms with Crippen molar-refractivity contribution in [2.24, 2.45) is 0 Å². The van der Waals surface area contributed by atoms with Crippen LogP contribution in [0.25, 0.3) is 0 Å². The average Bonchev–Trinajstić information content (AvgIpc) is 2.30. The molecule has 1 aromatic carbocycles. The van der Waals surface area contributed by atoms with Gasteiger partial charge in [0.05, 0.1) is 10.0 Å². The van der Waals surface area contributed by atoms with E-state index in [9.17, 15) is 4.79 Å². The zero-order valence-electron chi connectivity index (χ0n) is 10.0. The second-order valence-corrected chi connectivity index (χ2v) is 4.72. The largest absolute Gasteiger partial charge is 0.374 e. The predicted octanol–water partition coefficient (Wildman–Crippen LogP) is 3.92. The lowest BCUT2D eigenvalue weighted by Crippen LogP contribution is -2.24. The van der Waals surface area contributed by atoms with E-state index in [0.29, 0.717) is 16.5 Å². The van der Waals surface area contributed by atoms with E-state index in [4.69, 9.17) is 27.9 Å². The zero-order chi connectivity index (χ0) is 12.8. The molecule has 94 valence electrons. The molecule has 17 heavy (non-hydrogen) atoms. The van der Waals surface area contributed by atoms with Gasteiger partial charge in [0.25, 0.3) is 0 Å². The summed E-state index contributed by atoms with van der Waals surface area (Å²) in [6.45, 7) is 2.03. The summed E-state index contributed by atoms with van der Waals surface area (Å²) >= 11 is 11.7. The smallest absolute Gasteiger partial charge is 0.165 e. The van der Waals surface area contributed by atoms with E-state index in [1.165, 1.54) is 0 Å². The molecule has 0 bridgehead atoms. The van der Waals surface area contributed by atoms with Gasteiger partial charge in [-0.1, -0.05) is 42.6 Å². The number of halogens is 2. The van der Waals surface area contributed by atoms with Crippen molar-refractivity contribution in [1.82, 2.24) is 0 Å². The highest BCUT2D eigenvalue weighted by molar-refractivity contribution is 6.42. The Kier molecular flexibility index (Phi) is 5.96. The SMILES string of the molecule is CCCC(OC)C(=O)Cc1ccc(Cl)c(Cl)c1. The van der Waals surface area contributed by atoms with Crippen molar-refractivity contribution in [3.8, 4) is 0 Å². The van der Waals surface area contributed by atoms with Gasteiger partial charge >= 0.3 is 0 Å². The minimum Gasteiger partial charge on any atom is -0.374 e. The second kappa shape index (κ2) is 7.00. The van der Waals surface area contributed by atoms with Gasteiger partial charge in [0, 0.05) is 13.5 Å². The number of methoxy groups -OCH3 is 1. The molecule has 2 nitrogen and oxygen atoms in total. The highest BCUT2D eigenvalue weighted by Gasteiger charge is 2.17. The van der Waals surface area contributed by atoms with Crippen molar-refractivity contribution in [2.45, 2.75) is 32.3 Å². The fraction of sp³-hybridized carbons (Fsp3) is 0.462. The summed E-state index contributed by atoms with van der Waals surface area (Å²) < 4.78 is 5.17. The lowest BCUT2D eigenvalue weighted by molar-refractivity contribution is -0.128. The van der Waals surface area contributed by atoms with Crippen LogP contribution < -0.4 is 0 Å². The summed E-state index contributed by atoms with van der Waals surface area (Å²) in [6.07, 6.45) is 1.67. The molecule has 0 aliphatic heterocycles. The fourth-order valence-electron chi connectivity index (χ4n) is 1.64. The first-order valence-corrected chi connectivity index (χ1v) is 6.33. The van der Waals surface area contributed by atoms with E-state index in [0.717, 1.165) is 18.4 Å². The molecule has 0 fully saturated rings. The first kappa shape index (κ1) is 14.5. The third-order valence-electron chi connectivity index (χ3n) is 2.56. The minimum atomic E-state index is -0.325. The summed E-state index contributed by atoms with van der Waals surface area (Å²) in [5, 5.41) is 0.973. The zero-order valence-corrected chi connectivity index (χ0v) is 11.5. The highest BCUT2D eigenvalue weighted by atomic mass is 35.5. The third kappa shape index (κ3) is 4.30. The number of carbonyl (C=O) groups is 1. The van der Waals surface area contributed by atoms with Gasteiger partial charge in [0.1, 0.15) is 6.10 Å². The normalized spacial score (nSPS) is 12.5. The summed E-state index contributed by atoms with van der Waals surface area (Å²) in [4.78, 5) is 11.9. The van der Waals surface area contributed by atoms with Crippen LogP contribution in [0, 0.1) is 0 Å². The van der Waals surface area contributed by atoms with Gasteiger partial charge in [0.15, 0.2) is 5.78 Å². The van der Waals surface area contributed by atoms with E-state index in [2.05, 4.69) is 0 Å². The van der Waals surface area contributed by atoms with Crippen LogP contribution in [0.1, 0.15) is 25.3 Å². The van der Waals surface area contributed by atoms with Crippen molar-refractivity contribution in [3.05, 3.63) is 33.8 Å². The molecule has 1 unspecified atom stereocenters. The number of benzene rings is 1. The molecular formula is C13H16Cl2O2. The minimum absolute atomic E-state index is 0.0766. The Balaban J connectivity index is 2.69. The summed E-state index contributed by atoms with van der Waals surface area (Å²) in [6, 6.07) is 5.24. The molecule has 0 N–H and O–H groups in total. The fourth-order valence-corrected chi connectivity index (χ4v) is 1.96. The maximum Gasteiger partial charge on any atom is 0.165 e. The molecule has 0 heterocycles. The molecule has 0 spiro atoms. The topological polar surface area (TPSA) is 26.3 Å². The molecule has 0 amide bonds. The van der Waals surface area contributed by atoms with E-state index >= 15 is 0 Å². The molecule has 0 saturated heterocycles. The number of carbonyl (C=O) groups excluding carboxylic acids is 1. The number of Topliss-reactive ketones (excluding diaryl/α,β-unsaturated/α-hetero) is 1. The van der Waals surface area contributed by atoms with Crippen LogP contribution in [-0.4, -0.2) is 19.0 Å². The molecule has 0 aliphatic carbocycles. The number of ether oxygens (including phenoxy) is 1. The Labute approximate surface area is 112 Å². The number of hydrogen-bond donors (Lipinski definition) is 0. The maximum atomic E-state index is 11.9. The molecule has 1 rings (SSSR count). The first-order chi connectivity index (χ1) is 8.08. The van der Waals surface area contributed by atoms with Gasteiger partial charge in [-0.15, -0.1) is 0 Å². The Morgan fingerprint density at radius 1 is 1.35 bits per heavy atom. The molecule has 4 heteroatoms. The van der Waals surface area contributed by atoms with Crippen LogP contribution in [0.5, 0.6) is 0 Å². The van der Waals surface area contributed by atoms with Crippen LogP contribution in [-0.2, 0) is 16.0 Å². The van der Waals surface area contributed by atoms with Gasteiger partial charge in [-0.3, -0.25) is 4.79 Å². The van der Waals surface area contributed by atoms with Gasteiger partial charge in [0.2, 0.25) is 0 Å². The third-order valence-corrected chi connectivity index (χ3v) is 3.30. The van der Waals surface area contributed by atoms with Crippen molar-refractivity contribution in [2.75, 3.05) is 7.11 Å². The van der Waals surface area contributed by atoms with Gasteiger partial charge in [-0.05, 0) is 24.1 Å². The van der Waals surface area contributed by atoms with Crippen LogP contribution in [0.2, 0.25) is 10.0 Å².